The number of hydrogen-bond acceptors (Lipinski definition) is 4. The molecule has 1 saturated heterocycles. The summed E-state index contributed by atoms with van der Waals surface area (Å²) in [6, 6.07) is 4.16. The van der Waals surface area contributed by atoms with Gasteiger partial charge in [-0.25, -0.2) is 0 Å². The Morgan fingerprint density at radius 3 is 2.46 bits per heavy atom. The van der Waals surface area contributed by atoms with Gasteiger partial charge in [0.2, 0.25) is 0 Å². The van der Waals surface area contributed by atoms with Crippen molar-refractivity contribution in [3.05, 3.63) is 35.4 Å². The van der Waals surface area contributed by atoms with Gasteiger partial charge in [0.05, 0.1) is 30.4 Å². The maximum Gasteiger partial charge on any atom is 0.417 e. The van der Waals surface area contributed by atoms with E-state index >= 15 is 0 Å². The van der Waals surface area contributed by atoms with Gasteiger partial charge in [-0.05, 0) is 12.1 Å². The third kappa shape index (κ3) is 3.71. The van der Waals surface area contributed by atoms with Crippen LogP contribution in [0.25, 0.3) is 0 Å². The molecule has 0 aliphatic carbocycles. The van der Waals surface area contributed by atoms with Gasteiger partial charge in [-0.2, -0.15) is 13.2 Å². The van der Waals surface area contributed by atoms with E-state index in [0.29, 0.717) is 6.61 Å². The van der Waals surface area contributed by atoms with E-state index in [1.165, 1.54) is 44.4 Å². The van der Waals surface area contributed by atoms with Crippen molar-refractivity contribution in [2.75, 3.05) is 34.5 Å². The number of methoxy groups -OCH3 is 2. The van der Waals surface area contributed by atoms with Crippen LogP contribution in [0.2, 0.25) is 0 Å². The fourth-order valence-electron chi connectivity index (χ4n) is 2.84. The summed E-state index contributed by atoms with van der Waals surface area (Å²) >= 11 is 0. The SMILES string of the molecule is CO[C@H]1[C@H](N(C)C(=O)c2ccccc2C(F)(F)F)COC[C@H]1OC. The number of likely N-dealkylation sites (N-methyl/N-ethyl adjacent to an activating group) is 1. The predicted molar refractivity (Wildman–Crippen MR) is 79.7 cm³/mol. The predicted octanol–water partition coefficient (Wildman–Crippen LogP) is 2.21. The Kier molecular flexibility index (Phi) is 5.84. The zero-order valence-corrected chi connectivity index (χ0v) is 13.7. The topological polar surface area (TPSA) is 48.0 Å². The van der Waals surface area contributed by atoms with Crippen molar-refractivity contribution in [1.82, 2.24) is 4.90 Å². The highest BCUT2D eigenvalue weighted by Crippen LogP contribution is 2.33. The molecule has 1 aromatic rings. The molecule has 1 amide bonds. The summed E-state index contributed by atoms with van der Waals surface area (Å²) in [4.78, 5) is 13.9. The second-order valence-corrected chi connectivity index (χ2v) is 5.54. The van der Waals surface area contributed by atoms with Gasteiger partial charge in [0.15, 0.2) is 0 Å². The summed E-state index contributed by atoms with van der Waals surface area (Å²) in [5.41, 5.74) is -1.36. The first kappa shape index (κ1) is 18.7. The number of benzene rings is 1. The molecular weight excluding hydrogens is 327 g/mol. The zero-order chi connectivity index (χ0) is 17.9. The Morgan fingerprint density at radius 1 is 1.21 bits per heavy atom. The summed E-state index contributed by atoms with van der Waals surface area (Å²) in [5.74, 6) is -0.740. The van der Waals surface area contributed by atoms with Crippen LogP contribution < -0.4 is 0 Å². The van der Waals surface area contributed by atoms with Gasteiger partial charge in [-0.1, -0.05) is 12.1 Å². The highest BCUT2D eigenvalue weighted by atomic mass is 19.4. The summed E-state index contributed by atoms with van der Waals surface area (Å²) in [5, 5.41) is 0. The molecule has 0 N–H and O–H groups in total. The number of carbonyl (C=O) groups excluding carboxylic acids is 1. The second-order valence-electron chi connectivity index (χ2n) is 5.54. The molecule has 1 aliphatic heterocycles. The molecule has 0 unspecified atom stereocenters. The van der Waals surface area contributed by atoms with Gasteiger partial charge in [0.25, 0.3) is 5.91 Å². The normalized spacial score (nSPS) is 24.7. The Bertz CT molecular complexity index is 579. The molecule has 5 nitrogen and oxygen atoms in total. The van der Waals surface area contributed by atoms with Gasteiger partial charge in [-0.3, -0.25) is 4.79 Å². The van der Waals surface area contributed by atoms with E-state index in [9.17, 15) is 18.0 Å². The minimum Gasteiger partial charge on any atom is -0.376 e. The molecule has 2 rings (SSSR count). The lowest BCUT2D eigenvalue weighted by molar-refractivity contribution is -0.147. The van der Waals surface area contributed by atoms with Gasteiger partial charge in [-0.15, -0.1) is 0 Å². The Labute approximate surface area is 138 Å². The first-order valence-electron chi connectivity index (χ1n) is 7.38. The van der Waals surface area contributed by atoms with Crippen LogP contribution in [0.15, 0.2) is 24.3 Å². The molecule has 0 spiro atoms. The highest BCUT2D eigenvalue weighted by Gasteiger charge is 2.41. The Morgan fingerprint density at radius 2 is 1.88 bits per heavy atom. The summed E-state index contributed by atoms with van der Waals surface area (Å²) in [7, 11) is 4.40. The maximum absolute atomic E-state index is 13.1. The van der Waals surface area contributed by atoms with Crippen LogP contribution in [0, 0.1) is 0 Å². The number of amides is 1. The first-order valence-corrected chi connectivity index (χ1v) is 7.38. The van der Waals surface area contributed by atoms with Gasteiger partial charge in [0, 0.05) is 21.3 Å². The fraction of sp³-hybridized carbons (Fsp3) is 0.562. The summed E-state index contributed by atoms with van der Waals surface area (Å²) in [6.07, 6.45) is -5.50. The van der Waals surface area contributed by atoms with E-state index in [4.69, 9.17) is 14.2 Å². The third-order valence-electron chi connectivity index (χ3n) is 4.17. The van der Waals surface area contributed by atoms with Crippen molar-refractivity contribution < 1.29 is 32.2 Å². The van der Waals surface area contributed by atoms with Crippen LogP contribution in [0.4, 0.5) is 13.2 Å². The number of alkyl halides is 3. The number of nitrogens with zero attached hydrogens (tertiary/aromatic N) is 1. The van der Waals surface area contributed by atoms with E-state index < -0.39 is 41.5 Å². The largest absolute Gasteiger partial charge is 0.417 e. The van der Waals surface area contributed by atoms with Crippen molar-refractivity contribution in [3.63, 3.8) is 0 Å². The van der Waals surface area contributed by atoms with Crippen LogP contribution in [-0.4, -0.2) is 63.5 Å². The lowest BCUT2D eigenvalue weighted by Gasteiger charge is -2.40. The molecule has 3 atom stereocenters. The number of rotatable bonds is 4. The van der Waals surface area contributed by atoms with E-state index in [0.717, 1.165) is 6.07 Å². The highest BCUT2D eigenvalue weighted by molar-refractivity contribution is 5.96. The van der Waals surface area contributed by atoms with Crippen LogP contribution >= 0.6 is 0 Å². The van der Waals surface area contributed by atoms with Gasteiger partial charge >= 0.3 is 6.18 Å². The minimum atomic E-state index is -4.61. The number of hydrogen-bond donors (Lipinski definition) is 0. The smallest absolute Gasteiger partial charge is 0.376 e. The molecule has 0 saturated carbocycles. The third-order valence-corrected chi connectivity index (χ3v) is 4.17. The monoisotopic (exact) mass is 347 g/mol. The summed E-state index contributed by atoms with van der Waals surface area (Å²) < 4.78 is 55.5. The quantitative estimate of drug-likeness (QED) is 0.838. The zero-order valence-electron chi connectivity index (χ0n) is 13.7. The average Bonchev–Trinajstić information content (AvgIpc) is 2.58. The molecule has 8 heteroatoms. The van der Waals surface area contributed by atoms with E-state index in [2.05, 4.69) is 0 Å². The molecule has 0 radical (unpaired) electrons. The molecule has 0 bridgehead atoms. The number of ether oxygens (including phenoxy) is 3. The molecule has 1 aliphatic rings. The fourth-order valence-corrected chi connectivity index (χ4v) is 2.84. The molecule has 1 fully saturated rings. The van der Waals surface area contributed by atoms with Crippen molar-refractivity contribution in [2.45, 2.75) is 24.4 Å². The molecule has 134 valence electrons. The van der Waals surface area contributed by atoms with E-state index in [1.54, 1.807) is 0 Å². The van der Waals surface area contributed by atoms with E-state index in [-0.39, 0.29) is 6.61 Å². The molecule has 0 aromatic heterocycles. The van der Waals surface area contributed by atoms with Crippen molar-refractivity contribution in [2.24, 2.45) is 0 Å². The Balaban J connectivity index is 2.30. The molecular formula is C16H20F3NO4. The molecule has 1 aromatic carbocycles. The van der Waals surface area contributed by atoms with Gasteiger partial charge < -0.3 is 19.1 Å². The maximum atomic E-state index is 13.1. The Hall–Kier alpha value is -1.64. The minimum absolute atomic E-state index is 0.161. The average molecular weight is 347 g/mol. The van der Waals surface area contributed by atoms with Gasteiger partial charge in [0.1, 0.15) is 12.2 Å². The molecule has 24 heavy (non-hydrogen) atoms. The lowest BCUT2D eigenvalue weighted by Crippen LogP contribution is -2.57. The van der Waals surface area contributed by atoms with Crippen molar-refractivity contribution >= 4 is 5.91 Å². The molecule has 1 heterocycles. The number of carbonyl (C=O) groups is 1. The first-order chi connectivity index (χ1) is 11.3. The van der Waals surface area contributed by atoms with Crippen LogP contribution in [0.3, 0.4) is 0 Å². The van der Waals surface area contributed by atoms with Crippen molar-refractivity contribution in [3.8, 4) is 0 Å². The second kappa shape index (κ2) is 7.50. The van der Waals surface area contributed by atoms with Crippen molar-refractivity contribution in [1.29, 1.82) is 0 Å². The summed E-state index contributed by atoms with van der Waals surface area (Å²) in [6.45, 7) is 0.460. The van der Waals surface area contributed by atoms with E-state index in [1.807, 2.05) is 0 Å². The van der Waals surface area contributed by atoms with Crippen LogP contribution in [0.1, 0.15) is 15.9 Å². The lowest BCUT2D eigenvalue weighted by atomic mass is 10.00. The standard InChI is InChI=1S/C16H20F3NO4/c1-20(12-8-24-9-13(22-2)14(12)23-3)15(21)10-6-4-5-7-11(10)16(17,18)19/h4-7,12-14H,8-9H2,1-3H3/t12-,13-,14+/m1/s1. The number of halogens is 3. The van der Waals surface area contributed by atoms with Crippen LogP contribution in [-0.2, 0) is 20.4 Å². The van der Waals surface area contributed by atoms with Crippen LogP contribution in [0.5, 0.6) is 0 Å².